The molecular weight excluding hydrogens is 1000 g/mol. The highest BCUT2D eigenvalue weighted by Gasteiger charge is 1.85. The number of carbonyl (C=O) groups is 1. The van der Waals surface area contributed by atoms with Gasteiger partial charge in [0.15, 0.2) is 5.78 Å². The fourth-order valence-corrected chi connectivity index (χ4v) is 4.06. The quantitative estimate of drug-likeness (QED) is 0.150. The van der Waals surface area contributed by atoms with Crippen LogP contribution in [0.15, 0.2) is 315 Å². The summed E-state index contributed by atoms with van der Waals surface area (Å²) >= 11 is 0. The van der Waals surface area contributed by atoms with Gasteiger partial charge in [0.05, 0.1) is 0 Å². The molecule has 1 heteroatoms. The average molecular weight is 1130 g/mol. The lowest BCUT2D eigenvalue weighted by atomic mass is 10.1. The Morgan fingerprint density at radius 2 is 0.313 bits per heavy atom. The highest BCUT2D eigenvalue weighted by atomic mass is 16.1. The summed E-state index contributed by atoms with van der Waals surface area (Å²) in [5.74, 6) is 0.109. The summed E-state index contributed by atoms with van der Waals surface area (Å²) in [7, 11) is 0. The van der Waals surface area contributed by atoms with Crippen molar-refractivity contribution in [1.82, 2.24) is 0 Å². The van der Waals surface area contributed by atoms with Crippen molar-refractivity contribution in [2.24, 2.45) is 0 Å². The molecule has 0 aliphatic rings. The SMILES string of the molecule is C/C=C/C(C)=O.CC.CC.CC.CC.CC.CC.CC.CC.CC.CC.CC.CCC.c1ccc2ccccc2c1.c1ccccc1.c1ccccc1.c1ccccc1.c1ccccc1.c1ccccc1.c1ccccc1.c1ccccc1. The second kappa shape index (κ2) is 136. The number of hydrogen-bond acceptors (Lipinski definition) is 1. The largest absolute Gasteiger partial charge is 0.295 e. The normalized spacial score (nSPS) is 6.96. The van der Waals surface area contributed by atoms with E-state index in [0.29, 0.717) is 0 Å². The molecule has 9 aromatic carbocycles. The average Bonchev–Trinajstić information content (AvgIpc) is 3.64. The standard InChI is InChI=1S/C10H8.7C6H6.C5H8O.C3H8.11C2H6/c1-2-6-10-8-4-3-7-9(10)5-1;7*1-2-4-6-5-3-1;1-3-4-5(2)6;1-3-2;11*1-2/h1-8H;7*1-6H;3-4H,1-2H3;3H2,1-2H3;11*1-2H3/b;;;;;;;;4-3+;;;;;;;;;;;;. The maximum Gasteiger partial charge on any atom is 0.152 e. The van der Waals surface area contributed by atoms with Crippen molar-refractivity contribution in [3.8, 4) is 0 Å². The van der Waals surface area contributed by atoms with Crippen molar-refractivity contribution in [2.75, 3.05) is 0 Å². The van der Waals surface area contributed by atoms with Crippen LogP contribution in [0.5, 0.6) is 0 Å². The maximum atomic E-state index is 9.96. The first-order valence-corrected chi connectivity index (χ1v) is 31.7. The fraction of sp³-hybridized carbons (Fsp3) is 0.329. The van der Waals surface area contributed by atoms with Crippen LogP contribution in [0, 0.1) is 0 Å². The second-order valence-electron chi connectivity index (χ2n) is 12.2. The van der Waals surface area contributed by atoms with E-state index in [-0.39, 0.29) is 5.78 Å². The number of ketones is 1. The number of allylic oxidation sites excluding steroid dienone is 2. The third-order valence-corrected chi connectivity index (χ3v) is 6.73. The summed E-state index contributed by atoms with van der Waals surface area (Å²) in [5, 5.41) is 2.62. The van der Waals surface area contributed by atoms with Crippen LogP contribution in [-0.4, -0.2) is 5.78 Å². The van der Waals surface area contributed by atoms with Gasteiger partial charge in [0, 0.05) is 0 Å². The van der Waals surface area contributed by atoms with E-state index in [4.69, 9.17) is 0 Å². The zero-order valence-electron chi connectivity index (χ0n) is 58.6. The van der Waals surface area contributed by atoms with Crippen molar-refractivity contribution in [1.29, 1.82) is 0 Å². The minimum absolute atomic E-state index is 0.109. The summed E-state index contributed by atoms with van der Waals surface area (Å²) in [6.07, 6.45) is 4.50. The second-order valence-corrected chi connectivity index (χ2v) is 12.2. The van der Waals surface area contributed by atoms with Gasteiger partial charge in [0.2, 0.25) is 0 Å². The molecule has 0 atom stereocenters. The minimum atomic E-state index is 0.109. The topological polar surface area (TPSA) is 17.1 Å². The summed E-state index contributed by atoms with van der Waals surface area (Å²) in [5.41, 5.74) is 0. The molecule has 0 bridgehead atoms. The Morgan fingerprint density at radius 3 is 0.361 bits per heavy atom. The Kier molecular flexibility index (Phi) is 170. The number of carbonyl (C=O) groups excluding carboxylic acids is 1. The monoisotopic (exact) mass is 1130 g/mol. The van der Waals surface area contributed by atoms with Crippen LogP contribution in [-0.2, 0) is 4.79 Å². The highest BCUT2D eigenvalue weighted by molar-refractivity contribution is 5.87. The Labute approximate surface area is 520 Å². The van der Waals surface area contributed by atoms with Gasteiger partial charge in [-0.15, -0.1) is 0 Å². The zero-order valence-corrected chi connectivity index (χ0v) is 58.6. The lowest BCUT2D eigenvalue weighted by Crippen LogP contribution is -1.76. The first kappa shape index (κ1) is 104. The van der Waals surface area contributed by atoms with Gasteiger partial charge < -0.3 is 0 Å². The Balaban J connectivity index is -0.0000000655. The molecule has 9 aromatic rings. The van der Waals surface area contributed by atoms with Crippen LogP contribution in [0.3, 0.4) is 0 Å². The molecule has 1 nitrogen and oxygen atoms in total. The van der Waals surface area contributed by atoms with Gasteiger partial charge in [-0.3, -0.25) is 4.79 Å². The molecule has 0 N–H and O–H groups in total. The Bertz CT molecular complexity index is 1530. The van der Waals surface area contributed by atoms with Crippen LogP contribution in [0.25, 0.3) is 10.8 Å². The lowest BCUT2D eigenvalue weighted by molar-refractivity contribution is -0.112. The van der Waals surface area contributed by atoms with Gasteiger partial charge in [0.25, 0.3) is 0 Å². The lowest BCUT2D eigenvalue weighted by Gasteiger charge is -1.92. The molecule has 0 spiro atoms. The molecule has 83 heavy (non-hydrogen) atoms. The molecular formula is C82H132O. The molecule has 0 radical (unpaired) electrons. The molecule has 466 valence electrons. The first-order valence-electron chi connectivity index (χ1n) is 31.7. The van der Waals surface area contributed by atoms with Crippen molar-refractivity contribution >= 4 is 16.6 Å². The molecule has 0 aromatic heterocycles. The Morgan fingerprint density at radius 1 is 0.229 bits per heavy atom. The van der Waals surface area contributed by atoms with Crippen LogP contribution in [0.1, 0.15) is 186 Å². The van der Waals surface area contributed by atoms with E-state index in [0.717, 1.165) is 0 Å². The van der Waals surface area contributed by atoms with E-state index < -0.39 is 0 Å². The highest BCUT2D eigenvalue weighted by Crippen LogP contribution is 2.11. The smallest absolute Gasteiger partial charge is 0.152 e. The van der Waals surface area contributed by atoms with Crippen LogP contribution in [0.4, 0.5) is 0 Å². The summed E-state index contributed by atoms with van der Waals surface area (Å²) < 4.78 is 0. The van der Waals surface area contributed by atoms with Crippen molar-refractivity contribution in [3.63, 3.8) is 0 Å². The number of hydrogen-bond donors (Lipinski definition) is 0. The molecule has 0 saturated heterocycles. The van der Waals surface area contributed by atoms with Crippen molar-refractivity contribution < 1.29 is 4.79 Å². The summed E-state index contributed by atoms with van der Waals surface area (Å²) in [4.78, 5) is 9.96. The molecule has 9 rings (SSSR count). The number of fused-ring (bicyclic) bond motifs is 1. The van der Waals surface area contributed by atoms with Gasteiger partial charge in [0.1, 0.15) is 0 Å². The van der Waals surface area contributed by atoms with Gasteiger partial charge >= 0.3 is 0 Å². The number of benzene rings is 9. The van der Waals surface area contributed by atoms with E-state index in [2.05, 4.69) is 62.4 Å². The maximum absolute atomic E-state index is 9.96. The minimum Gasteiger partial charge on any atom is -0.295 e. The van der Waals surface area contributed by atoms with Gasteiger partial charge in [-0.05, 0) is 30.7 Å². The molecule has 0 amide bonds. The van der Waals surface area contributed by atoms with E-state index in [9.17, 15) is 4.79 Å². The molecule has 0 fully saturated rings. The van der Waals surface area contributed by atoms with E-state index in [1.54, 1.807) is 6.08 Å². The third kappa shape index (κ3) is 127. The van der Waals surface area contributed by atoms with Crippen LogP contribution in [0.2, 0.25) is 0 Å². The van der Waals surface area contributed by atoms with E-state index in [1.165, 1.54) is 30.2 Å². The van der Waals surface area contributed by atoms with Crippen molar-refractivity contribution in [2.45, 2.75) is 186 Å². The predicted octanol–water partition coefficient (Wildman–Crippen LogP) is 28.5. The molecule has 0 unspecified atom stereocenters. The predicted molar refractivity (Wildman–Crippen MR) is 395 cm³/mol. The Hall–Kier alpha value is -7.35. The van der Waals surface area contributed by atoms with E-state index >= 15 is 0 Å². The molecule has 0 aliphatic carbocycles. The van der Waals surface area contributed by atoms with Gasteiger partial charge in [-0.1, -0.05) is 482 Å². The third-order valence-electron chi connectivity index (χ3n) is 6.73. The molecule has 0 aliphatic heterocycles. The first-order chi connectivity index (χ1) is 41.2. The van der Waals surface area contributed by atoms with E-state index in [1.807, 2.05) is 414 Å². The fourth-order valence-electron chi connectivity index (χ4n) is 4.06. The van der Waals surface area contributed by atoms with Crippen LogP contribution >= 0.6 is 0 Å². The van der Waals surface area contributed by atoms with Gasteiger partial charge in [-0.2, -0.15) is 0 Å². The molecule has 0 saturated carbocycles. The molecule has 0 heterocycles. The van der Waals surface area contributed by atoms with Crippen LogP contribution < -0.4 is 0 Å². The number of rotatable bonds is 1. The van der Waals surface area contributed by atoms with Gasteiger partial charge in [-0.25, -0.2) is 0 Å². The summed E-state index contributed by atoms with van der Waals surface area (Å²) in [6.45, 7) is 51.6. The van der Waals surface area contributed by atoms with Crippen molar-refractivity contribution in [3.05, 3.63) is 315 Å². The zero-order chi connectivity index (χ0) is 66.2. The summed E-state index contributed by atoms with van der Waals surface area (Å²) in [6, 6.07) is 101.